The van der Waals surface area contributed by atoms with Crippen molar-refractivity contribution in [1.82, 2.24) is 0 Å². The van der Waals surface area contributed by atoms with Gasteiger partial charge in [0.1, 0.15) is 0 Å². The maximum atomic E-state index is 6.20. The van der Waals surface area contributed by atoms with E-state index in [0.29, 0.717) is 6.04 Å². The fraction of sp³-hybridized carbons (Fsp3) is 0.818. The number of allylic oxidation sites excluding steroid dienone is 1. The highest BCUT2D eigenvalue weighted by atomic mass is 14.7. The molecule has 0 aromatic carbocycles. The normalized spacial score (nSPS) is 46.1. The molecule has 3 rings (SSSR count). The van der Waals surface area contributed by atoms with Gasteiger partial charge < -0.3 is 5.73 Å². The van der Waals surface area contributed by atoms with Crippen LogP contribution in [0, 0.1) is 17.8 Å². The maximum Gasteiger partial charge on any atom is 0.0101 e. The van der Waals surface area contributed by atoms with E-state index < -0.39 is 0 Å². The smallest absolute Gasteiger partial charge is 0.0101 e. The Hall–Kier alpha value is -0.300. The van der Waals surface area contributed by atoms with Crippen LogP contribution in [-0.4, -0.2) is 6.04 Å². The third kappa shape index (κ3) is 1.20. The van der Waals surface area contributed by atoms with E-state index in [1.807, 2.05) is 6.08 Å². The summed E-state index contributed by atoms with van der Waals surface area (Å²) in [6.07, 6.45) is 8.82. The zero-order valence-corrected chi connectivity index (χ0v) is 7.71. The number of hydrogen-bond acceptors (Lipinski definition) is 1. The second-order valence-electron chi connectivity index (χ2n) is 4.44. The van der Waals surface area contributed by atoms with Crippen molar-refractivity contribution in [3.05, 3.63) is 12.7 Å². The molecular formula is C11H19N. The number of nitrogens with two attached hydrogens (primary N) is 1. The minimum absolute atomic E-state index is 0.482. The predicted molar refractivity (Wildman–Crippen MR) is 51.7 cm³/mol. The summed E-state index contributed by atoms with van der Waals surface area (Å²) in [5.41, 5.74) is 6.20. The molecule has 12 heavy (non-hydrogen) atoms. The standard InChI is InChI=1S/C11H19N/c1-2-3-10-8-4-6-9(7-5-8)11(10)12/h2,8-11H,1,3-7,12H2/t8?,9?,10-,11-/m1/s1. The quantitative estimate of drug-likeness (QED) is 0.624. The fourth-order valence-corrected chi connectivity index (χ4v) is 3.16. The van der Waals surface area contributed by atoms with Crippen molar-refractivity contribution >= 4 is 0 Å². The Morgan fingerprint density at radius 1 is 1.17 bits per heavy atom. The molecule has 2 atom stereocenters. The van der Waals surface area contributed by atoms with Crippen LogP contribution >= 0.6 is 0 Å². The fourth-order valence-electron chi connectivity index (χ4n) is 3.16. The minimum atomic E-state index is 0.482. The van der Waals surface area contributed by atoms with Gasteiger partial charge in [0, 0.05) is 6.04 Å². The first-order valence-corrected chi connectivity index (χ1v) is 5.19. The van der Waals surface area contributed by atoms with Crippen molar-refractivity contribution in [3.63, 3.8) is 0 Å². The molecule has 0 aromatic heterocycles. The van der Waals surface area contributed by atoms with E-state index >= 15 is 0 Å². The van der Waals surface area contributed by atoms with E-state index in [9.17, 15) is 0 Å². The van der Waals surface area contributed by atoms with Crippen LogP contribution in [0.25, 0.3) is 0 Å². The molecule has 2 bridgehead atoms. The van der Waals surface area contributed by atoms with Crippen LogP contribution in [-0.2, 0) is 0 Å². The van der Waals surface area contributed by atoms with Gasteiger partial charge in [-0.3, -0.25) is 0 Å². The summed E-state index contributed by atoms with van der Waals surface area (Å²) >= 11 is 0. The Morgan fingerprint density at radius 3 is 2.25 bits per heavy atom. The molecule has 68 valence electrons. The van der Waals surface area contributed by atoms with Crippen molar-refractivity contribution in [2.45, 2.75) is 38.1 Å². The predicted octanol–water partition coefficient (Wildman–Crippen LogP) is 2.33. The first-order chi connectivity index (χ1) is 5.83. The Labute approximate surface area is 75.0 Å². The lowest BCUT2D eigenvalue weighted by Crippen LogP contribution is -2.48. The van der Waals surface area contributed by atoms with Gasteiger partial charge in [0.15, 0.2) is 0 Å². The third-order valence-electron chi connectivity index (χ3n) is 3.90. The highest BCUT2D eigenvalue weighted by Crippen LogP contribution is 2.45. The van der Waals surface area contributed by atoms with E-state index in [4.69, 9.17) is 5.73 Å². The van der Waals surface area contributed by atoms with Gasteiger partial charge in [-0.25, -0.2) is 0 Å². The molecule has 0 aliphatic heterocycles. The van der Waals surface area contributed by atoms with Crippen molar-refractivity contribution < 1.29 is 0 Å². The highest BCUT2D eigenvalue weighted by molar-refractivity contribution is 4.97. The van der Waals surface area contributed by atoms with Crippen LogP contribution in [0.3, 0.4) is 0 Å². The average Bonchev–Trinajstić information content (AvgIpc) is 2.12. The van der Waals surface area contributed by atoms with Gasteiger partial charge in [0.2, 0.25) is 0 Å². The molecule has 0 aromatic rings. The van der Waals surface area contributed by atoms with E-state index in [2.05, 4.69) is 6.58 Å². The van der Waals surface area contributed by atoms with Crippen LogP contribution < -0.4 is 5.73 Å². The lowest BCUT2D eigenvalue weighted by Gasteiger charge is -2.47. The second-order valence-corrected chi connectivity index (χ2v) is 4.44. The van der Waals surface area contributed by atoms with Gasteiger partial charge in [0.25, 0.3) is 0 Å². The minimum Gasteiger partial charge on any atom is -0.327 e. The highest BCUT2D eigenvalue weighted by Gasteiger charge is 2.40. The van der Waals surface area contributed by atoms with Gasteiger partial charge in [-0.2, -0.15) is 0 Å². The molecule has 1 nitrogen and oxygen atoms in total. The zero-order chi connectivity index (χ0) is 8.55. The van der Waals surface area contributed by atoms with Crippen molar-refractivity contribution in [2.24, 2.45) is 23.5 Å². The van der Waals surface area contributed by atoms with Crippen LogP contribution in [0.2, 0.25) is 0 Å². The Balaban J connectivity index is 2.07. The molecule has 0 heterocycles. The molecule has 0 amide bonds. The first-order valence-electron chi connectivity index (χ1n) is 5.19. The largest absolute Gasteiger partial charge is 0.327 e. The molecule has 0 unspecified atom stereocenters. The van der Waals surface area contributed by atoms with Crippen molar-refractivity contribution in [1.29, 1.82) is 0 Å². The molecule has 3 aliphatic rings. The molecule has 0 spiro atoms. The lowest BCUT2D eigenvalue weighted by molar-refractivity contribution is 0.0731. The van der Waals surface area contributed by atoms with Crippen LogP contribution in [0.15, 0.2) is 12.7 Å². The second kappa shape index (κ2) is 3.21. The van der Waals surface area contributed by atoms with E-state index in [-0.39, 0.29) is 0 Å². The van der Waals surface area contributed by atoms with Crippen LogP contribution in [0.4, 0.5) is 0 Å². The molecule has 3 fully saturated rings. The Kier molecular flexibility index (Phi) is 2.22. The summed E-state index contributed by atoms with van der Waals surface area (Å²) < 4.78 is 0. The van der Waals surface area contributed by atoms with Gasteiger partial charge >= 0.3 is 0 Å². The first kappa shape index (κ1) is 8.31. The molecular weight excluding hydrogens is 146 g/mol. The van der Waals surface area contributed by atoms with E-state index in [1.165, 1.54) is 25.7 Å². The summed E-state index contributed by atoms with van der Waals surface area (Å²) in [6, 6.07) is 0.482. The Morgan fingerprint density at radius 2 is 1.75 bits per heavy atom. The van der Waals surface area contributed by atoms with Crippen LogP contribution in [0.5, 0.6) is 0 Å². The SMILES string of the molecule is C=CC[C@@H]1C2CCC(CC2)[C@H]1N. The van der Waals surface area contributed by atoms with Gasteiger partial charge in [0.05, 0.1) is 0 Å². The monoisotopic (exact) mass is 165 g/mol. The van der Waals surface area contributed by atoms with Gasteiger partial charge in [-0.1, -0.05) is 6.08 Å². The summed E-state index contributed by atoms with van der Waals surface area (Å²) in [5.74, 6) is 2.51. The zero-order valence-electron chi connectivity index (χ0n) is 7.71. The molecule has 1 heteroatoms. The van der Waals surface area contributed by atoms with E-state index in [1.54, 1.807) is 0 Å². The third-order valence-corrected chi connectivity index (χ3v) is 3.90. The van der Waals surface area contributed by atoms with Crippen LogP contribution in [0.1, 0.15) is 32.1 Å². The summed E-state index contributed by atoms with van der Waals surface area (Å²) in [5, 5.41) is 0. The van der Waals surface area contributed by atoms with Crippen molar-refractivity contribution in [3.8, 4) is 0 Å². The molecule has 0 saturated heterocycles. The van der Waals surface area contributed by atoms with Gasteiger partial charge in [-0.05, 0) is 49.9 Å². The maximum absolute atomic E-state index is 6.20. The molecule has 2 N–H and O–H groups in total. The summed E-state index contributed by atoms with van der Waals surface area (Å²) in [6.45, 7) is 3.82. The average molecular weight is 165 g/mol. The van der Waals surface area contributed by atoms with E-state index in [0.717, 1.165) is 24.2 Å². The van der Waals surface area contributed by atoms with Crippen molar-refractivity contribution in [2.75, 3.05) is 0 Å². The molecule has 3 saturated carbocycles. The topological polar surface area (TPSA) is 26.0 Å². The lowest BCUT2D eigenvalue weighted by atomic mass is 9.61. The summed E-state index contributed by atoms with van der Waals surface area (Å²) in [4.78, 5) is 0. The number of rotatable bonds is 2. The number of hydrogen-bond donors (Lipinski definition) is 1. The molecule has 3 aliphatic carbocycles. The molecule has 0 radical (unpaired) electrons. The number of fused-ring (bicyclic) bond motifs is 3. The summed E-state index contributed by atoms with van der Waals surface area (Å²) in [7, 11) is 0. The Bertz CT molecular complexity index is 166. The van der Waals surface area contributed by atoms with Gasteiger partial charge in [-0.15, -0.1) is 6.58 Å².